The van der Waals surface area contributed by atoms with Gasteiger partial charge in [-0.2, -0.15) is 10.1 Å². The Bertz CT molecular complexity index is 1790. The summed E-state index contributed by atoms with van der Waals surface area (Å²) in [6.07, 6.45) is 1.52. The predicted octanol–water partition coefficient (Wildman–Crippen LogP) is 7.09. The molecular formula is C29H22BrFN4O3S2. The van der Waals surface area contributed by atoms with Gasteiger partial charge < -0.3 is 0 Å². The Labute approximate surface area is 243 Å². The van der Waals surface area contributed by atoms with Gasteiger partial charge in [-0.05, 0) is 79.2 Å². The Hall–Kier alpha value is -3.93. The maximum absolute atomic E-state index is 13.8. The maximum atomic E-state index is 13.8. The van der Waals surface area contributed by atoms with Crippen molar-refractivity contribution in [3.05, 3.63) is 118 Å². The van der Waals surface area contributed by atoms with E-state index in [1.807, 2.05) is 30.3 Å². The van der Waals surface area contributed by atoms with Crippen LogP contribution in [-0.2, 0) is 10.0 Å². The van der Waals surface area contributed by atoms with Gasteiger partial charge in [-0.3, -0.25) is 9.10 Å². The van der Waals surface area contributed by atoms with Gasteiger partial charge in [0.1, 0.15) is 5.82 Å². The predicted molar refractivity (Wildman–Crippen MR) is 161 cm³/mol. The molecule has 5 rings (SSSR count). The number of anilines is 2. The van der Waals surface area contributed by atoms with Crippen LogP contribution in [0.5, 0.6) is 0 Å². The fraction of sp³-hybridized carbons (Fsp3) is 0.0690. The molecule has 0 bridgehead atoms. The first-order valence-corrected chi connectivity index (χ1v) is 15.2. The van der Waals surface area contributed by atoms with Crippen molar-refractivity contribution >= 4 is 70.4 Å². The highest BCUT2D eigenvalue weighted by molar-refractivity contribution is 9.10. The van der Waals surface area contributed by atoms with Gasteiger partial charge in [0.2, 0.25) is 5.13 Å². The van der Waals surface area contributed by atoms with Crippen LogP contribution in [0.25, 0.3) is 10.2 Å². The molecule has 0 aliphatic carbocycles. The monoisotopic (exact) mass is 636 g/mol. The van der Waals surface area contributed by atoms with E-state index in [1.54, 1.807) is 31.2 Å². The standard InChI is InChI=1S/C29H22BrFN4O3S2/c1-2-34(24-6-4-3-5-7-24)40(37,38)25-15-10-21(11-16-25)28(36)35(32-19-20-8-12-22(30)13-9-20)29-33-26-17-14-23(31)18-27(26)39-29/h3-19H,2H2,1H3/b32-19+. The van der Waals surface area contributed by atoms with Crippen molar-refractivity contribution in [2.24, 2.45) is 5.10 Å². The molecule has 0 saturated carbocycles. The summed E-state index contributed by atoms with van der Waals surface area (Å²) in [5.41, 5.74) is 2.03. The number of rotatable bonds is 8. The highest BCUT2D eigenvalue weighted by atomic mass is 79.9. The lowest BCUT2D eigenvalue weighted by atomic mass is 10.2. The van der Waals surface area contributed by atoms with Crippen LogP contribution in [0.15, 0.2) is 112 Å². The quantitative estimate of drug-likeness (QED) is 0.134. The van der Waals surface area contributed by atoms with Gasteiger partial charge in [0.05, 0.1) is 27.0 Å². The van der Waals surface area contributed by atoms with Crippen molar-refractivity contribution < 1.29 is 17.6 Å². The molecule has 0 aliphatic heterocycles. The van der Waals surface area contributed by atoms with Crippen LogP contribution in [-0.4, -0.2) is 32.1 Å². The molecule has 0 aliphatic rings. The summed E-state index contributed by atoms with van der Waals surface area (Å²) >= 11 is 4.52. The highest BCUT2D eigenvalue weighted by Crippen LogP contribution is 2.31. The van der Waals surface area contributed by atoms with Crippen molar-refractivity contribution in [2.75, 3.05) is 15.9 Å². The number of thiazole rings is 1. The molecule has 40 heavy (non-hydrogen) atoms. The Morgan fingerprint density at radius 2 is 1.70 bits per heavy atom. The lowest BCUT2D eigenvalue weighted by Gasteiger charge is -2.23. The molecule has 0 atom stereocenters. The molecule has 4 aromatic carbocycles. The average Bonchev–Trinajstić information content (AvgIpc) is 3.37. The van der Waals surface area contributed by atoms with E-state index in [-0.39, 0.29) is 22.1 Å². The third-order valence-corrected chi connectivity index (χ3v) is 9.37. The van der Waals surface area contributed by atoms with Gasteiger partial charge in [-0.25, -0.2) is 17.8 Å². The Balaban J connectivity index is 1.49. The maximum Gasteiger partial charge on any atom is 0.280 e. The first-order valence-electron chi connectivity index (χ1n) is 12.1. The van der Waals surface area contributed by atoms with Crippen molar-refractivity contribution in [1.29, 1.82) is 0 Å². The van der Waals surface area contributed by atoms with Crippen molar-refractivity contribution in [3.8, 4) is 0 Å². The van der Waals surface area contributed by atoms with Gasteiger partial charge in [0, 0.05) is 16.6 Å². The third-order valence-electron chi connectivity index (χ3n) is 5.93. The van der Waals surface area contributed by atoms with Crippen molar-refractivity contribution in [3.63, 3.8) is 0 Å². The second-order valence-corrected chi connectivity index (χ2v) is 12.3. The molecule has 1 aromatic heterocycles. The zero-order valence-corrected chi connectivity index (χ0v) is 24.3. The highest BCUT2D eigenvalue weighted by Gasteiger charge is 2.25. The molecule has 0 fully saturated rings. The van der Waals surface area contributed by atoms with E-state index < -0.39 is 21.7 Å². The van der Waals surface area contributed by atoms with Crippen LogP contribution in [0.4, 0.5) is 15.2 Å². The molecule has 1 heterocycles. The Morgan fingerprint density at radius 3 is 2.38 bits per heavy atom. The number of halogens is 2. The van der Waals surface area contributed by atoms with Crippen LogP contribution >= 0.6 is 27.3 Å². The SMILES string of the molecule is CCN(c1ccccc1)S(=O)(=O)c1ccc(C(=O)N(/N=C/c2ccc(Br)cc2)c2nc3ccc(F)cc3s2)cc1. The summed E-state index contributed by atoms with van der Waals surface area (Å²) in [4.78, 5) is 18.2. The summed E-state index contributed by atoms with van der Waals surface area (Å²) in [5, 5.41) is 5.79. The molecule has 1 amide bonds. The number of para-hydroxylation sites is 1. The van der Waals surface area contributed by atoms with Crippen LogP contribution in [0, 0.1) is 5.82 Å². The largest absolute Gasteiger partial charge is 0.280 e. The minimum absolute atomic E-state index is 0.0510. The summed E-state index contributed by atoms with van der Waals surface area (Å²) in [5.74, 6) is -0.931. The second kappa shape index (κ2) is 11.7. The first kappa shape index (κ1) is 27.6. The van der Waals surface area contributed by atoms with Crippen LogP contribution in [0.2, 0.25) is 0 Å². The lowest BCUT2D eigenvalue weighted by molar-refractivity contribution is 0.0987. The number of aromatic nitrogens is 1. The van der Waals surface area contributed by atoms with Crippen molar-refractivity contribution in [1.82, 2.24) is 4.98 Å². The molecular weight excluding hydrogens is 615 g/mol. The molecule has 5 aromatic rings. The summed E-state index contributed by atoms with van der Waals surface area (Å²) in [6, 6.07) is 26.1. The normalized spacial score (nSPS) is 11.7. The molecule has 202 valence electrons. The Kier molecular flexibility index (Phi) is 8.06. The smallest absolute Gasteiger partial charge is 0.267 e. The van der Waals surface area contributed by atoms with Gasteiger partial charge >= 0.3 is 0 Å². The zero-order valence-electron chi connectivity index (χ0n) is 21.1. The van der Waals surface area contributed by atoms with Gasteiger partial charge in [0.15, 0.2) is 0 Å². The third kappa shape index (κ3) is 5.81. The van der Waals surface area contributed by atoms with Crippen LogP contribution in [0.1, 0.15) is 22.8 Å². The molecule has 0 unspecified atom stereocenters. The van der Waals surface area contributed by atoms with E-state index in [2.05, 4.69) is 26.0 Å². The number of hydrogen-bond acceptors (Lipinski definition) is 6. The van der Waals surface area contributed by atoms with Crippen molar-refractivity contribution in [2.45, 2.75) is 11.8 Å². The van der Waals surface area contributed by atoms with Gasteiger partial charge in [-0.1, -0.05) is 57.6 Å². The fourth-order valence-corrected chi connectivity index (χ4v) is 6.63. The number of benzene rings is 4. The summed E-state index contributed by atoms with van der Waals surface area (Å²) in [6.45, 7) is 2.00. The minimum atomic E-state index is -3.86. The van der Waals surface area contributed by atoms with E-state index in [9.17, 15) is 17.6 Å². The Morgan fingerprint density at radius 1 is 1.00 bits per heavy atom. The molecule has 0 spiro atoms. The molecule has 7 nitrogen and oxygen atoms in total. The lowest BCUT2D eigenvalue weighted by Crippen LogP contribution is -2.31. The molecule has 11 heteroatoms. The van der Waals surface area contributed by atoms with E-state index in [0.29, 0.717) is 15.9 Å². The summed E-state index contributed by atoms with van der Waals surface area (Å²) in [7, 11) is -3.86. The second-order valence-electron chi connectivity index (χ2n) is 8.55. The van der Waals surface area contributed by atoms with Crippen LogP contribution < -0.4 is 9.31 Å². The number of hydrogen-bond donors (Lipinski definition) is 0. The number of fused-ring (bicyclic) bond motifs is 1. The topological polar surface area (TPSA) is 82.9 Å². The van der Waals surface area contributed by atoms with Crippen LogP contribution in [0.3, 0.4) is 0 Å². The van der Waals surface area contributed by atoms with Gasteiger partial charge in [-0.15, -0.1) is 0 Å². The van der Waals surface area contributed by atoms with E-state index in [1.165, 1.54) is 53.0 Å². The number of carbonyl (C=O) groups is 1. The number of nitrogens with zero attached hydrogens (tertiary/aromatic N) is 4. The summed E-state index contributed by atoms with van der Waals surface area (Å²) < 4.78 is 43.3. The van der Waals surface area contributed by atoms with E-state index >= 15 is 0 Å². The van der Waals surface area contributed by atoms with Gasteiger partial charge in [0.25, 0.3) is 15.9 Å². The van der Waals surface area contributed by atoms with E-state index in [4.69, 9.17) is 0 Å². The average molecular weight is 638 g/mol. The molecule has 0 saturated heterocycles. The first-order chi connectivity index (χ1) is 19.3. The number of carbonyl (C=O) groups excluding carboxylic acids is 1. The molecule has 0 N–H and O–H groups in total. The zero-order chi connectivity index (χ0) is 28.3. The number of sulfonamides is 1. The number of amides is 1. The fourth-order valence-electron chi connectivity index (χ4n) is 3.94. The minimum Gasteiger partial charge on any atom is -0.267 e. The number of hydrazone groups is 1. The van der Waals surface area contributed by atoms with E-state index in [0.717, 1.165) is 26.4 Å². The molecule has 0 radical (unpaired) electrons.